The van der Waals surface area contributed by atoms with Crippen molar-refractivity contribution in [1.82, 2.24) is 10.3 Å². The summed E-state index contributed by atoms with van der Waals surface area (Å²) >= 11 is 11.6. The highest BCUT2D eigenvalue weighted by atomic mass is 35.5. The number of rotatable bonds is 5. The van der Waals surface area contributed by atoms with E-state index in [2.05, 4.69) is 22.4 Å². The predicted molar refractivity (Wildman–Crippen MR) is 85.9 cm³/mol. The van der Waals surface area contributed by atoms with Crippen LogP contribution in [0, 0.1) is 0 Å². The van der Waals surface area contributed by atoms with Gasteiger partial charge in [-0.3, -0.25) is 4.79 Å². The fraction of sp³-hybridized carbons (Fsp3) is 0.250. The van der Waals surface area contributed by atoms with E-state index in [-0.39, 0.29) is 22.1 Å². The summed E-state index contributed by atoms with van der Waals surface area (Å²) in [6, 6.07) is 11.8. The Morgan fingerprint density at radius 1 is 1.29 bits per heavy atom. The average Bonchev–Trinajstić information content (AvgIpc) is 2.49. The molecule has 0 unspecified atom stereocenters. The molecule has 2 aromatic rings. The van der Waals surface area contributed by atoms with Gasteiger partial charge >= 0.3 is 0 Å². The number of hydrogen-bond acceptors (Lipinski definition) is 2. The van der Waals surface area contributed by atoms with Gasteiger partial charge in [0.1, 0.15) is 5.15 Å². The van der Waals surface area contributed by atoms with E-state index in [0.717, 1.165) is 12.8 Å². The summed E-state index contributed by atoms with van der Waals surface area (Å²) < 4.78 is 0. The minimum Gasteiger partial charge on any atom is -0.350 e. The van der Waals surface area contributed by atoms with Crippen LogP contribution in [0.3, 0.4) is 0 Å². The summed E-state index contributed by atoms with van der Waals surface area (Å²) in [5.41, 5.74) is 1.67. The molecule has 1 aromatic carbocycles. The monoisotopic (exact) mass is 322 g/mol. The summed E-state index contributed by atoms with van der Waals surface area (Å²) in [7, 11) is 0. The van der Waals surface area contributed by atoms with E-state index in [0.29, 0.717) is 5.56 Å². The highest BCUT2D eigenvalue weighted by Crippen LogP contribution is 2.19. The molecule has 1 N–H and O–H groups in total. The molecule has 0 bridgehead atoms. The van der Waals surface area contributed by atoms with Crippen molar-refractivity contribution < 1.29 is 4.79 Å². The molecule has 5 heteroatoms. The standard InChI is InChI=1S/C16H16Cl2N2O/c1-11(7-8-12-5-3-2-4-6-12)20-16(21)13-9-14(17)15(18)19-10-13/h2-6,9-11H,7-8H2,1H3,(H,20,21)/t11-/m0/s1. The second-order valence-electron chi connectivity index (χ2n) is 4.90. The normalized spacial score (nSPS) is 12.0. The van der Waals surface area contributed by atoms with Gasteiger partial charge < -0.3 is 5.32 Å². The number of halogens is 2. The second kappa shape index (κ2) is 7.43. The van der Waals surface area contributed by atoms with Crippen LogP contribution in [0.4, 0.5) is 0 Å². The largest absolute Gasteiger partial charge is 0.350 e. The van der Waals surface area contributed by atoms with Gasteiger partial charge in [-0.05, 0) is 31.4 Å². The Kier molecular flexibility index (Phi) is 5.59. The average molecular weight is 323 g/mol. The molecule has 21 heavy (non-hydrogen) atoms. The fourth-order valence-corrected chi connectivity index (χ4v) is 2.22. The first-order valence-electron chi connectivity index (χ1n) is 6.72. The quantitative estimate of drug-likeness (QED) is 0.840. The molecule has 0 aliphatic heterocycles. The molecule has 110 valence electrons. The van der Waals surface area contributed by atoms with Crippen LogP contribution in [0.15, 0.2) is 42.6 Å². The lowest BCUT2D eigenvalue weighted by atomic mass is 10.1. The number of aryl methyl sites for hydroxylation is 1. The fourth-order valence-electron chi connectivity index (χ4n) is 1.95. The Labute approximate surface area is 134 Å². The zero-order chi connectivity index (χ0) is 15.2. The van der Waals surface area contributed by atoms with Crippen molar-refractivity contribution in [3.05, 3.63) is 63.9 Å². The van der Waals surface area contributed by atoms with Crippen LogP contribution in [0.1, 0.15) is 29.3 Å². The number of hydrogen-bond donors (Lipinski definition) is 1. The lowest BCUT2D eigenvalue weighted by Crippen LogP contribution is -2.33. The molecule has 1 heterocycles. The SMILES string of the molecule is C[C@@H](CCc1ccccc1)NC(=O)c1cnc(Cl)c(Cl)c1. The van der Waals surface area contributed by atoms with Gasteiger partial charge in [0.15, 0.2) is 0 Å². The van der Waals surface area contributed by atoms with Crippen molar-refractivity contribution in [3.63, 3.8) is 0 Å². The van der Waals surface area contributed by atoms with Gasteiger partial charge in [0, 0.05) is 12.2 Å². The first-order valence-corrected chi connectivity index (χ1v) is 7.47. The number of nitrogens with zero attached hydrogens (tertiary/aromatic N) is 1. The van der Waals surface area contributed by atoms with Crippen molar-refractivity contribution in [2.75, 3.05) is 0 Å². The van der Waals surface area contributed by atoms with Crippen LogP contribution in [0.25, 0.3) is 0 Å². The van der Waals surface area contributed by atoms with Gasteiger partial charge in [0.2, 0.25) is 0 Å². The Hall–Kier alpha value is -1.58. The molecular weight excluding hydrogens is 307 g/mol. The van der Waals surface area contributed by atoms with E-state index in [1.165, 1.54) is 17.8 Å². The topological polar surface area (TPSA) is 42.0 Å². The summed E-state index contributed by atoms with van der Waals surface area (Å²) in [6.07, 6.45) is 3.21. The van der Waals surface area contributed by atoms with E-state index >= 15 is 0 Å². The van der Waals surface area contributed by atoms with Crippen LogP contribution in [0.2, 0.25) is 10.2 Å². The number of amides is 1. The molecule has 0 fully saturated rings. The zero-order valence-corrected chi connectivity index (χ0v) is 13.2. The van der Waals surface area contributed by atoms with Crippen LogP contribution in [0.5, 0.6) is 0 Å². The summed E-state index contributed by atoms with van der Waals surface area (Å²) in [4.78, 5) is 16.0. The molecule has 3 nitrogen and oxygen atoms in total. The summed E-state index contributed by atoms with van der Waals surface area (Å²) in [6.45, 7) is 1.98. The minimum atomic E-state index is -0.193. The highest BCUT2D eigenvalue weighted by Gasteiger charge is 2.12. The molecule has 0 saturated heterocycles. The number of benzene rings is 1. The Balaban J connectivity index is 1.88. The zero-order valence-electron chi connectivity index (χ0n) is 11.6. The van der Waals surface area contributed by atoms with Gasteiger partial charge in [-0.1, -0.05) is 53.5 Å². The molecule has 1 amide bonds. The maximum absolute atomic E-state index is 12.1. The maximum Gasteiger partial charge on any atom is 0.253 e. The molecule has 0 saturated carbocycles. The van der Waals surface area contributed by atoms with E-state index in [1.807, 2.05) is 25.1 Å². The molecule has 1 aromatic heterocycles. The number of aromatic nitrogens is 1. The molecule has 0 aliphatic carbocycles. The van der Waals surface area contributed by atoms with E-state index in [4.69, 9.17) is 23.2 Å². The Bertz CT molecular complexity index is 617. The van der Waals surface area contributed by atoms with Crippen LogP contribution in [-0.4, -0.2) is 16.9 Å². The Morgan fingerprint density at radius 3 is 2.67 bits per heavy atom. The van der Waals surface area contributed by atoms with E-state index in [1.54, 1.807) is 0 Å². The third-order valence-electron chi connectivity index (χ3n) is 3.14. The first-order chi connectivity index (χ1) is 10.1. The Morgan fingerprint density at radius 2 is 2.00 bits per heavy atom. The molecule has 0 spiro atoms. The van der Waals surface area contributed by atoms with Crippen molar-refractivity contribution in [2.45, 2.75) is 25.8 Å². The van der Waals surface area contributed by atoms with E-state index in [9.17, 15) is 4.79 Å². The van der Waals surface area contributed by atoms with Crippen molar-refractivity contribution in [1.29, 1.82) is 0 Å². The second-order valence-corrected chi connectivity index (χ2v) is 5.66. The number of nitrogens with one attached hydrogen (secondary N) is 1. The maximum atomic E-state index is 12.1. The van der Waals surface area contributed by atoms with Crippen LogP contribution in [-0.2, 0) is 6.42 Å². The number of carbonyl (C=O) groups excluding carboxylic acids is 1. The van der Waals surface area contributed by atoms with Crippen molar-refractivity contribution >= 4 is 29.1 Å². The molecular formula is C16H16Cl2N2O. The minimum absolute atomic E-state index is 0.0622. The summed E-state index contributed by atoms with van der Waals surface area (Å²) in [5, 5.41) is 3.41. The lowest BCUT2D eigenvalue weighted by Gasteiger charge is -2.14. The third-order valence-corrected chi connectivity index (χ3v) is 3.83. The number of pyridine rings is 1. The summed E-state index contributed by atoms with van der Waals surface area (Å²) in [5.74, 6) is -0.193. The third kappa shape index (κ3) is 4.73. The smallest absolute Gasteiger partial charge is 0.253 e. The lowest BCUT2D eigenvalue weighted by molar-refractivity contribution is 0.0938. The molecule has 0 radical (unpaired) electrons. The highest BCUT2D eigenvalue weighted by molar-refractivity contribution is 6.41. The van der Waals surface area contributed by atoms with Crippen molar-refractivity contribution in [3.8, 4) is 0 Å². The first kappa shape index (κ1) is 15.8. The van der Waals surface area contributed by atoms with Gasteiger partial charge in [-0.25, -0.2) is 4.98 Å². The van der Waals surface area contributed by atoms with Crippen LogP contribution >= 0.6 is 23.2 Å². The van der Waals surface area contributed by atoms with E-state index < -0.39 is 0 Å². The predicted octanol–water partition coefficient (Wildman–Crippen LogP) is 4.14. The van der Waals surface area contributed by atoms with Gasteiger partial charge in [-0.2, -0.15) is 0 Å². The van der Waals surface area contributed by atoms with Crippen LogP contribution < -0.4 is 5.32 Å². The van der Waals surface area contributed by atoms with Crippen molar-refractivity contribution in [2.24, 2.45) is 0 Å². The molecule has 1 atom stereocenters. The number of carbonyl (C=O) groups is 1. The van der Waals surface area contributed by atoms with Gasteiger partial charge in [-0.15, -0.1) is 0 Å². The van der Waals surface area contributed by atoms with Gasteiger partial charge in [0.05, 0.1) is 10.6 Å². The van der Waals surface area contributed by atoms with Gasteiger partial charge in [0.25, 0.3) is 5.91 Å². The molecule has 2 rings (SSSR count). The molecule has 0 aliphatic rings.